The molecule has 4 unspecified atom stereocenters. The second-order valence-electron chi connectivity index (χ2n) is 5.16. The third-order valence-electron chi connectivity index (χ3n) is 3.67. The zero-order valence-electron chi connectivity index (χ0n) is 12.6. The molecule has 1 saturated carbocycles. The first kappa shape index (κ1) is 19.6. The van der Waals surface area contributed by atoms with E-state index in [0.717, 1.165) is 14.2 Å². The Kier molecular flexibility index (Phi) is 5.84. The Labute approximate surface area is 133 Å². The van der Waals surface area contributed by atoms with Crippen LogP contribution in [0, 0.1) is 5.41 Å². The van der Waals surface area contributed by atoms with Crippen molar-refractivity contribution in [3.63, 3.8) is 0 Å². The smallest absolute Gasteiger partial charge is 0.396 e. The third-order valence-corrected chi connectivity index (χ3v) is 7.76. The summed E-state index contributed by atoms with van der Waals surface area (Å²) >= 11 is 0. The molecular weight excluding hydrogens is 377 g/mol. The number of fused-ring (bicyclic) bond motifs is 1. The molecule has 1 saturated heterocycles. The Hall–Kier alpha value is 0.240. The first-order chi connectivity index (χ1) is 10.6. The fraction of sp³-hybridized carbons (Fsp3) is 1.00. The van der Waals surface area contributed by atoms with Crippen molar-refractivity contribution in [3.8, 4) is 0 Å². The molecule has 0 aromatic carbocycles. The number of aliphatic hydroxyl groups excluding tert-OH is 1. The minimum Gasteiger partial charge on any atom is -0.396 e. The summed E-state index contributed by atoms with van der Waals surface area (Å²) < 4.78 is 62.9. The molecule has 2 N–H and O–H groups in total. The Bertz CT molecular complexity index is 567. The summed E-state index contributed by atoms with van der Waals surface area (Å²) in [6.45, 7) is 1.57. The molecule has 2 aliphatic rings. The van der Waals surface area contributed by atoms with Crippen LogP contribution in [-0.2, 0) is 40.6 Å². The number of ether oxygens (including phenoxy) is 1. The molecule has 1 aliphatic heterocycles. The van der Waals surface area contributed by atoms with Gasteiger partial charge < -0.3 is 9.84 Å². The molecule has 14 heteroatoms. The standard InChI is InChI=1S/C9H17O11P3/c1-6-4-9(5-10)7(17-6)8(9)18-23(14,16-3)20-21(11)19-22(12,13)15-2/h6-8,10H,4-5H2,1-3H3/p+1/t6-,7+,8?,9-,23?/m0/s1. The first-order valence-corrected chi connectivity index (χ1v) is 10.5. The van der Waals surface area contributed by atoms with Gasteiger partial charge >= 0.3 is 23.9 Å². The van der Waals surface area contributed by atoms with Crippen LogP contribution in [0.25, 0.3) is 0 Å². The SMILES string of the molecule is COP(=O)(O)O[P+](=O)OP(=O)(OC)OC1[C@H]2O[C@@H](C)C[C@@]12CO. The topological polar surface area (TPSA) is 147 Å². The van der Waals surface area contributed by atoms with E-state index in [1.165, 1.54) is 0 Å². The van der Waals surface area contributed by atoms with E-state index in [2.05, 4.69) is 17.7 Å². The van der Waals surface area contributed by atoms with E-state index in [9.17, 15) is 18.8 Å². The second-order valence-corrected chi connectivity index (χ2v) is 9.68. The zero-order chi connectivity index (χ0) is 17.5. The monoisotopic (exact) mass is 395 g/mol. The van der Waals surface area contributed by atoms with Crippen molar-refractivity contribution in [3.05, 3.63) is 0 Å². The van der Waals surface area contributed by atoms with Crippen LogP contribution in [0.5, 0.6) is 0 Å². The summed E-state index contributed by atoms with van der Waals surface area (Å²) in [6, 6.07) is 0. The lowest BCUT2D eigenvalue weighted by molar-refractivity contribution is 0.0360. The maximum absolute atomic E-state index is 12.3. The number of phosphoric ester groups is 2. The fourth-order valence-electron chi connectivity index (χ4n) is 2.54. The van der Waals surface area contributed by atoms with Gasteiger partial charge in [-0.15, -0.1) is 0 Å². The molecule has 0 spiro atoms. The highest BCUT2D eigenvalue weighted by molar-refractivity contribution is 7.61. The largest absolute Gasteiger partial charge is 0.719 e. The predicted molar refractivity (Wildman–Crippen MR) is 74.6 cm³/mol. The van der Waals surface area contributed by atoms with Crippen LogP contribution in [0.3, 0.4) is 0 Å². The average Bonchev–Trinajstić information content (AvgIpc) is 2.87. The second kappa shape index (κ2) is 6.86. The van der Waals surface area contributed by atoms with E-state index in [1.54, 1.807) is 0 Å². The van der Waals surface area contributed by atoms with Gasteiger partial charge in [0.15, 0.2) is 0 Å². The Balaban J connectivity index is 1.99. The lowest BCUT2D eigenvalue weighted by atomic mass is 10.0. The highest BCUT2D eigenvalue weighted by Crippen LogP contribution is 2.68. The minimum atomic E-state index is -4.60. The average molecular weight is 395 g/mol. The lowest BCUT2D eigenvalue weighted by Gasteiger charge is -2.16. The predicted octanol–water partition coefficient (Wildman–Crippen LogP) is 1.73. The van der Waals surface area contributed by atoms with Crippen molar-refractivity contribution in [1.29, 1.82) is 0 Å². The first-order valence-electron chi connectivity index (χ1n) is 6.47. The van der Waals surface area contributed by atoms with Crippen LogP contribution in [0.1, 0.15) is 13.3 Å². The summed E-state index contributed by atoms with van der Waals surface area (Å²) in [5, 5.41) is 9.49. The molecule has 0 aromatic rings. The number of rotatable bonds is 9. The zero-order valence-corrected chi connectivity index (χ0v) is 15.2. The molecule has 0 aromatic heterocycles. The van der Waals surface area contributed by atoms with Gasteiger partial charge in [-0.1, -0.05) is 0 Å². The molecule has 2 fully saturated rings. The molecule has 0 radical (unpaired) electrons. The van der Waals surface area contributed by atoms with Crippen molar-refractivity contribution < 1.29 is 50.6 Å². The van der Waals surface area contributed by atoms with Crippen LogP contribution >= 0.6 is 23.9 Å². The van der Waals surface area contributed by atoms with E-state index in [1.807, 2.05) is 6.92 Å². The van der Waals surface area contributed by atoms with Gasteiger partial charge in [-0.3, -0.25) is 18.5 Å². The Morgan fingerprint density at radius 1 is 1.30 bits per heavy atom. The van der Waals surface area contributed by atoms with Crippen molar-refractivity contribution in [1.82, 2.24) is 0 Å². The molecule has 134 valence electrons. The van der Waals surface area contributed by atoms with Gasteiger partial charge in [-0.05, 0) is 22.0 Å². The molecule has 7 atom stereocenters. The summed E-state index contributed by atoms with van der Waals surface area (Å²) in [5.41, 5.74) is -0.720. The number of aliphatic hydroxyl groups is 1. The van der Waals surface area contributed by atoms with Crippen molar-refractivity contribution in [2.24, 2.45) is 5.41 Å². The van der Waals surface area contributed by atoms with Gasteiger partial charge in [-0.2, -0.15) is 0 Å². The van der Waals surface area contributed by atoms with Crippen molar-refractivity contribution >= 4 is 23.9 Å². The molecule has 1 aliphatic carbocycles. The Morgan fingerprint density at radius 3 is 2.43 bits per heavy atom. The van der Waals surface area contributed by atoms with E-state index in [4.69, 9.17) is 14.2 Å². The Morgan fingerprint density at radius 2 is 1.96 bits per heavy atom. The normalized spacial score (nSPS) is 38.5. The highest BCUT2D eigenvalue weighted by atomic mass is 31.3. The van der Waals surface area contributed by atoms with Gasteiger partial charge in [0.25, 0.3) is 0 Å². The number of phosphoric acid groups is 2. The number of hydrogen-bond acceptors (Lipinski definition) is 10. The van der Waals surface area contributed by atoms with E-state index in [0.29, 0.717) is 6.42 Å². The van der Waals surface area contributed by atoms with Gasteiger partial charge in [-0.25, -0.2) is 9.13 Å². The van der Waals surface area contributed by atoms with Crippen LogP contribution in [-0.4, -0.2) is 49.1 Å². The van der Waals surface area contributed by atoms with E-state index >= 15 is 0 Å². The quantitative estimate of drug-likeness (QED) is 0.550. The molecule has 0 amide bonds. The van der Waals surface area contributed by atoms with Gasteiger partial charge in [0, 0.05) is 18.8 Å². The minimum absolute atomic E-state index is 0.0863. The van der Waals surface area contributed by atoms with Crippen LogP contribution < -0.4 is 0 Å². The third kappa shape index (κ3) is 4.08. The number of hydrogen-bond donors (Lipinski definition) is 2. The van der Waals surface area contributed by atoms with Crippen LogP contribution in [0.4, 0.5) is 0 Å². The molecule has 1 heterocycles. The van der Waals surface area contributed by atoms with Gasteiger partial charge in [0.1, 0.15) is 6.10 Å². The van der Waals surface area contributed by atoms with Crippen LogP contribution in [0.15, 0.2) is 0 Å². The maximum Gasteiger partial charge on any atom is 0.719 e. The summed E-state index contributed by atoms with van der Waals surface area (Å²) in [4.78, 5) is 9.02. The molecular formula is C9H18O11P3+. The lowest BCUT2D eigenvalue weighted by Crippen LogP contribution is -2.18. The summed E-state index contributed by atoms with van der Waals surface area (Å²) in [5.74, 6) is 0. The molecule has 11 nitrogen and oxygen atoms in total. The van der Waals surface area contributed by atoms with Crippen molar-refractivity contribution in [2.45, 2.75) is 31.7 Å². The fourth-order valence-corrected chi connectivity index (χ4v) is 5.63. The summed E-state index contributed by atoms with van der Waals surface area (Å²) in [6.07, 6.45) is -0.866. The van der Waals surface area contributed by atoms with E-state index < -0.39 is 41.5 Å². The highest BCUT2D eigenvalue weighted by Gasteiger charge is 2.73. The van der Waals surface area contributed by atoms with Gasteiger partial charge in [0.2, 0.25) is 0 Å². The summed E-state index contributed by atoms with van der Waals surface area (Å²) in [7, 11) is -10.4. The van der Waals surface area contributed by atoms with Crippen LogP contribution in [0.2, 0.25) is 0 Å². The van der Waals surface area contributed by atoms with E-state index in [-0.39, 0.29) is 12.7 Å². The molecule has 23 heavy (non-hydrogen) atoms. The van der Waals surface area contributed by atoms with Gasteiger partial charge in [0.05, 0.1) is 24.2 Å². The molecule has 2 rings (SSSR count). The molecule has 0 bridgehead atoms. The van der Waals surface area contributed by atoms with Crippen molar-refractivity contribution in [2.75, 3.05) is 20.8 Å². The maximum atomic E-state index is 12.3.